The van der Waals surface area contributed by atoms with Crippen molar-refractivity contribution in [2.24, 2.45) is 0 Å². The first kappa shape index (κ1) is 15.9. The molecular formula is C17H22ClNO2. The van der Waals surface area contributed by atoms with Crippen molar-refractivity contribution in [1.29, 1.82) is 0 Å². The summed E-state index contributed by atoms with van der Waals surface area (Å²) in [6.45, 7) is 8.30. The van der Waals surface area contributed by atoms with Gasteiger partial charge >= 0.3 is 5.97 Å². The number of carbonyl (C=O) groups excluding carboxylic acids is 1. The number of anilines is 1. The average Bonchev–Trinajstić information content (AvgIpc) is 2.42. The standard InChI is InChI=1S/C17H22ClNO2/c1-6-14(16(20)21-5)19-15-8-7-12(18)9-13(15)11(2)10-17(19,3)4/h7-10,14H,6H2,1-5H3/t14-/m0/s1. The summed E-state index contributed by atoms with van der Waals surface area (Å²) in [5.41, 5.74) is 3.01. The third kappa shape index (κ3) is 2.80. The van der Waals surface area contributed by atoms with Gasteiger partial charge in [0.1, 0.15) is 6.04 Å². The fourth-order valence-corrected chi connectivity index (χ4v) is 3.35. The van der Waals surface area contributed by atoms with Crippen molar-refractivity contribution < 1.29 is 9.53 Å². The Morgan fingerprint density at radius 3 is 2.67 bits per heavy atom. The summed E-state index contributed by atoms with van der Waals surface area (Å²) in [5, 5.41) is 0.701. The molecule has 2 rings (SSSR count). The Bertz CT molecular complexity index is 592. The van der Waals surface area contributed by atoms with Gasteiger partial charge in [-0.1, -0.05) is 24.6 Å². The maximum absolute atomic E-state index is 12.2. The molecule has 0 saturated carbocycles. The van der Waals surface area contributed by atoms with Gasteiger partial charge in [0.2, 0.25) is 0 Å². The minimum Gasteiger partial charge on any atom is -0.467 e. The van der Waals surface area contributed by atoms with E-state index in [-0.39, 0.29) is 17.6 Å². The third-order valence-corrected chi connectivity index (χ3v) is 4.24. The SMILES string of the molecule is CC[C@@H](C(=O)OC)N1c2ccc(Cl)cc2C(C)=CC1(C)C. The quantitative estimate of drug-likeness (QED) is 0.780. The van der Waals surface area contributed by atoms with E-state index in [0.717, 1.165) is 11.3 Å². The van der Waals surface area contributed by atoms with E-state index in [1.807, 2.05) is 25.1 Å². The smallest absolute Gasteiger partial charge is 0.328 e. The molecule has 0 fully saturated rings. The summed E-state index contributed by atoms with van der Waals surface area (Å²) < 4.78 is 4.99. The Balaban J connectivity index is 2.62. The summed E-state index contributed by atoms with van der Waals surface area (Å²) >= 11 is 6.13. The van der Waals surface area contributed by atoms with Crippen LogP contribution >= 0.6 is 11.6 Å². The normalized spacial score (nSPS) is 17.8. The number of carbonyl (C=O) groups is 1. The van der Waals surface area contributed by atoms with Gasteiger partial charge in [-0.2, -0.15) is 0 Å². The molecule has 1 aromatic carbocycles. The van der Waals surface area contributed by atoms with Crippen LogP contribution in [0.2, 0.25) is 5.02 Å². The highest BCUT2D eigenvalue weighted by molar-refractivity contribution is 6.30. The Morgan fingerprint density at radius 2 is 2.10 bits per heavy atom. The van der Waals surface area contributed by atoms with E-state index >= 15 is 0 Å². The highest BCUT2D eigenvalue weighted by Gasteiger charge is 2.38. The molecule has 0 radical (unpaired) electrons. The van der Waals surface area contributed by atoms with Gasteiger partial charge < -0.3 is 9.64 Å². The molecule has 0 N–H and O–H groups in total. The number of fused-ring (bicyclic) bond motifs is 1. The Kier molecular flexibility index (Phi) is 4.33. The Morgan fingerprint density at radius 1 is 1.43 bits per heavy atom. The number of ether oxygens (including phenoxy) is 1. The van der Waals surface area contributed by atoms with Gasteiger partial charge in [0.25, 0.3) is 0 Å². The van der Waals surface area contributed by atoms with E-state index in [0.29, 0.717) is 11.4 Å². The number of allylic oxidation sites excluding steroid dienone is 1. The van der Waals surface area contributed by atoms with Crippen molar-refractivity contribution in [3.05, 3.63) is 34.9 Å². The van der Waals surface area contributed by atoms with Crippen molar-refractivity contribution in [2.75, 3.05) is 12.0 Å². The number of benzene rings is 1. The van der Waals surface area contributed by atoms with E-state index in [4.69, 9.17) is 16.3 Å². The second kappa shape index (κ2) is 5.72. The summed E-state index contributed by atoms with van der Waals surface area (Å²) in [6.07, 6.45) is 2.86. The lowest BCUT2D eigenvalue weighted by Crippen LogP contribution is -2.54. The zero-order chi connectivity index (χ0) is 15.8. The van der Waals surface area contributed by atoms with Crippen LogP contribution in [0.4, 0.5) is 5.69 Å². The zero-order valence-corrected chi connectivity index (χ0v) is 14.0. The van der Waals surface area contributed by atoms with E-state index in [9.17, 15) is 4.79 Å². The van der Waals surface area contributed by atoms with Crippen LogP contribution in [0.5, 0.6) is 0 Å². The summed E-state index contributed by atoms with van der Waals surface area (Å²) in [7, 11) is 1.44. The van der Waals surface area contributed by atoms with Gasteiger partial charge in [-0.15, -0.1) is 0 Å². The summed E-state index contributed by atoms with van der Waals surface area (Å²) in [6, 6.07) is 5.50. The van der Waals surface area contributed by atoms with Crippen molar-refractivity contribution in [2.45, 2.75) is 45.7 Å². The predicted octanol–water partition coefficient (Wildman–Crippen LogP) is 4.29. The fourth-order valence-electron chi connectivity index (χ4n) is 3.18. The molecule has 1 heterocycles. The molecule has 3 nitrogen and oxygen atoms in total. The topological polar surface area (TPSA) is 29.5 Å². The first-order valence-electron chi connectivity index (χ1n) is 7.18. The number of halogens is 1. The predicted molar refractivity (Wildman–Crippen MR) is 87.8 cm³/mol. The van der Waals surface area contributed by atoms with Gasteiger partial charge in [-0.3, -0.25) is 0 Å². The lowest BCUT2D eigenvalue weighted by atomic mass is 9.87. The van der Waals surface area contributed by atoms with Crippen LogP contribution in [-0.2, 0) is 9.53 Å². The lowest BCUT2D eigenvalue weighted by Gasteiger charge is -2.46. The van der Waals surface area contributed by atoms with Crippen LogP contribution < -0.4 is 4.90 Å². The maximum atomic E-state index is 12.2. The molecule has 1 atom stereocenters. The number of nitrogens with zero attached hydrogens (tertiary/aromatic N) is 1. The molecule has 114 valence electrons. The fraction of sp³-hybridized carbons (Fsp3) is 0.471. The highest BCUT2D eigenvalue weighted by Crippen LogP contribution is 2.41. The van der Waals surface area contributed by atoms with Crippen LogP contribution in [0.15, 0.2) is 24.3 Å². The summed E-state index contributed by atoms with van der Waals surface area (Å²) in [4.78, 5) is 14.3. The second-order valence-corrected chi connectivity index (χ2v) is 6.40. The molecule has 0 unspecified atom stereocenters. The van der Waals surface area contributed by atoms with Gasteiger partial charge in [0.05, 0.1) is 12.6 Å². The summed E-state index contributed by atoms with van der Waals surface area (Å²) in [5.74, 6) is -0.209. The molecule has 0 aromatic heterocycles. The highest BCUT2D eigenvalue weighted by atomic mass is 35.5. The first-order chi connectivity index (χ1) is 9.81. The van der Waals surface area contributed by atoms with Gasteiger partial charge in [0.15, 0.2) is 0 Å². The molecule has 1 aromatic rings. The molecule has 0 spiro atoms. The van der Waals surface area contributed by atoms with Crippen molar-refractivity contribution >= 4 is 28.8 Å². The Hall–Kier alpha value is -1.48. The van der Waals surface area contributed by atoms with Gasteiger partial charge in [-0.25, -0.2) is 4.79 Å². The van der Waals surface area contributed by atoms with Crippen molar-refractivity contribution in [3.8, 4) is 0 Å². The molecule has 4 heteroatoms. The Labute approximate surface area is 131 Å². The molecule has 1 aliphatic rings. The number of rotatable bonds is 3. The number of esters is 1. The average molecular weight is 308 g/mol. The van der Waals surface area contributed by atoms with Crippen LogP contribution in [-0.4, -0.2) is 24.7 Å². The molecule has 0 amide bonds. The number of methoxy groups -OCH3 is 1. The van der Waals surface area contributed by atoms with Crippen LogP contribution in [0.25, 0.3) is 5.57 Å². The minimum atomic E-state index is -0.311. The van der Waals surface area contributed by atoms with Gasteiger partial charge in [0, 0.05) is 16.3 Å². The van der Waals surface area contributed by atoms with E-state index < -0.39 is 0 Å². The van der Waals surface area contributed by atoms with E-state index in [1.54, 1.807) is 0 Å². The molecule has 0 bridgehead atoms. The maximum Gasteiger partial charge on any atom is 0.328 e. The zero-order valence-electron chi connectivity index (χ0n) is 13.2. The molecule has 0 saturated heterocycles. The largest absolute Gasteiger partial charge is 0.467 e. The lowest BCUT2D eigenvalue weighted by molar-refractivity contribution is -0.142. The van der Waals surface area contributed by atoms with Crippen molar-refractivity contribution in [3.63, 3.8) is 0 Å². The molecule has 21 heavy (non-hydrogen) atoms. The number of hydrogen-bond acceptors (Lipinski definition) is 3. The third-order valence-electron chi connectivity index (χ3n) is 4.01. The minimum absolute atomic E-state index is 0.209. The second-order valence-electron chi connectivity index (χ2n) is 5.96. The van der Waals surface area contributed by atoms with Crippen molar-refractivity contribution in [1.82, 2.24) is 0 Å². The molecule has 1 aliphatic heterocycles. The van der Waals surface area contributed by atoms with Crippen LogP contribution in [0, 0.1) is 0 Å². The molecular weight excluding hydrogens is 286 g/mol. The van der Waals surface area contributed by atoms with E-state index in [1.165, 1.54) is 12.7 Å². The van der Waals surface area contributed by atoms with Crippen LogP contribution in [0.1, 0.15) is 39.7 Å². The van der Waals surface area contributed by atoms with Gasteiger partial charge in [-0.05, 0) is 51.0 Å². The molecule has 0 aliphatic carbocycles. The van der Waals surface area contributed by atoms with E-state index in [2.05, 4.69) is 31.7 Å². The van der Waals surface area contributed by atoms with Crippen LogP contribution in [0.3, 0.4) is 0 Å². The monoisotopic (exact) mass is 307 g/mol. The first-order valence-corrected chi connectivity index (χ1v) is 7.56. The number of hydrogen-bond donors (Lipinski definition) is 0.